The minimum atomic E-state index is -0.296. The Morgan fingerprint density at radius 1 is 1.25 bits per heavy atom. The Kier molecular flexibility index (Phi) is 6.66. The Bertz CT molecular complexity index is 607. The van der Waals surface area contributed by atoms with Crippen molar-refractivity contribution >= 4 is 17.9 Å². The van der Waals surface area contributed by atoms with Crippen LogP contribution in [0.3, 0.4) is 0 Å². The first kappa shape index (κ1) is 17.8. The van der Waals surface area contributed by atoms with E-state index in [9.17, 15) is 9.59 Å². The van der Waals surface area contributed by atoms with Gasteiger partial charge in [0.05, 0.1) is 20.3 Å². The van der Waals surface area contributed by atoms with Crippen LogP contribution in [0.5, 0.6) is 11.5 Å². The Balaban J connectivity index is 1.87. The summed E-state index contributed by atoms with van der Waals surface area (Å²) < 4.78 is 10.7. The van der Waals surface area contributed by atoms with Gasteiger partial charge in [-0.2, -0.15) is 0 Å². The summed E-state index contributed by atoms with van der Waals surface area (Å²) in [5, 5.41) is 2.62. The number of nitrogens with one attached hydrogen (secondary N) is 1. The molecule has 2 rings (SSSR count). The van der Waals surface area contributed by atoms with E-state index in [0.29, 0.717) is 18.1 Å². The maximum atomic E-state index is 11.9. The lowest BCUT2D eigenvalue weighted by Gasteiger charge is -2.14. The largest absolute Gasteiger partial charge is 0.493 e. The molecule has 0 saturated carbocycles. The lowest BCUT2D eigenvalue weighted by molar-refractivity contribution is -0.131. The van der Waals surface area contributed by atoms with Crippen LogP contribution in [0, 0.1) is 0 Å². The monoisotopic (exact) mass is 332 g/mol. The zero-order chi connectivity index (χ0) is 17.4. The lowest BCUT2D eigenvalue weighted by Crippen LogP contribution is -2.38. The van der Waals surface area contributed by atoms with E-state index in [2.05, 4.69) is 5.32 Å². The van der Waals surface area contributed by atoms with Crippen molar-refractivity contribution in [2.45, 2.75) is 19.8 Å². The average molecular weight is 332 g/mol. The number of likely N-dealkylation sites (tertiary alicyclic amines) is 1. The maximum Gasteiger partial charge on any atom is 0.244 e. The smallest absolute Gasteiger partial charge is 0.244 e. The highest BCUT2D eigenvalue weighted by Crippen LogP contribution is 2.28. The van der Waals surface area contributed by atoms with Crippen LogP contribution < -0.4 is 14.8 Å². The number of hydrogen-bond acceptors (Lipinski definition) is 4. The van der Waals surface area contributed by atoms with Gasteiger partial charge in [-0.3, -0.25) is 9.59 Å². The number of carbonyl (C=O) groups excluding carboxylic acids is 2. The third-order valence-corrected chi connectivity index (χ3v) is 3.79. The van der Waals surface area contributed by atoms with E-state index in [1.165, 1.54) is 6.08 Å². The van der Waals surface area contributed by atoms with Crippen molar-refractivity contribution in [1.82, 2.24) is 10.2 Å². The predicted molar refractivity (Wildman–Crippen MR) is 92.0 cm³/mol. The van der Waals surface area contributed by atoms with Gasteiger partial charge in [0.25, 0.3) is 0 Å². The molecule has 130 valence electrons. The van der Waals surface area contributed by atoms with Gasteiger partial charge in [0.2, 0.25) is 11.8 Å². The standard InChI is InChI=1S/C18H24N2O4/c1-3-24-15-8-6-14(12-16(15)23-2)7-9-17(21)19-13-18(22)20-10-4-5-11-20/h6-9,12H,3-5,10-11,13H2,1-2H3,(H,19,21)/b9-7+. The molecule has 2 amide bonds. The molecule has 0 atom stereocenters. The van der Waals surface area contributed by atoms with E-state index < -0.39 is 0 Å². The van der Waals surface area contributed by atoms with Crippen molar-refractivity contribution in [3.05, 3.63) is 29.8 Å². The van der Waals surface area contributed by atoms with Gasteiger partial charge in [-0.25, -0.2) is 0 Å². The van der Waals surface area contributed by atoms with Gasteiger partial charge in [0, 0.05) is 19.2 Å². The summed E-state index contributed by atoms with van der Waals surface area (Å²) in [6.07, 6.45) is 5.17. The van der Waals surface area contributed by atoms with Gasteiger partial charge in [-0.1, -0.05) is 6.07 Å². The fourth-order valence-corrected chi connectivity index (χ4v) is 2.53. The van der Waals surface area contributed by atoms with Crippen molar-refractivity contribution in [3.8, 4) is 11.5 Å². The van der Waals surface area contributed by atoms with Crippen molar-refractivity contribution in [2.75, 3.05) is 33.4 Å². The highest BCUT2D eigenvalue weighted by atomic mass is 16.5. The molecule has 1 heterocycles. The molecule has 1 aromatic rings. The molecule has 6 heteroatoms. The summed E-state index contributed by atoms with van der Waals surface area (Å²) in [4.78, 5) is 25.5. The van der Waals surface area contributed by atoms with E-state index >= 15 is 0 Å². The van der Waals surface area contributed by atoms with Gasteiger partial charge >= 0.3 is 0 Å². The molecule has 1 saturated heterocycles. The molecule has 1 N–H and O–H groups in total. The summed E-state index contributed by atoms with van der Waals surface area (Å²) in [6.45, 7) is 4.07. The molecule has 24 heavy (non-hydrogen) atoms. The average Bonchev–Trinajstić information content (AvgIpc) is 3.13. The number of amides is 2. The first-order valence-electron chi connectivity index (χ1n) is 8.18. The van der Waals surface area contributed by atoms with Crippen LogP contribution in [0.15, 0.2) is 24.3 Å². The van der Waals surface area contributed by atoms with Crippen LogP contribution in [0.2, 0.25) is 0 Å². The maximum absolute atomic E-state index is 11.9. The van der Waals surface area contributed by atoms with Crippen LogP contribution >= 0.6 is 0 Å². The van der Waals surface area contributed by atoms with Gasteiger partial charge in [0.15, 0.2) is 11.5 Å². The van der Waals surface area contributed by atoms with Crippen molar-refractivity contribution in [3.63, 3.8) is 0 Å². The Morgan fingerprint density at radius 2 is 2.00 bits per heavy atom. The Morgan fingerprint density at radius 3 is 2.67 bits per heavy atom. The van der Waals surface area contributed by atoms with Crippen molar-refractivity contribution < 1.29 is 19.1 Å². The molecule has 0 radical (unpaired) electrons. The van der Waals surface area contributed by atoms with Crippen LogP contribution in [0.25, 0.3) is 6.08 Å². The van der Waals surface area contributed by atoms with E-state index in [1.807, 2.05) is 13.0 Å². The van der Waals surface area contributed by atoms with Crippen LogP contribution in [-0.2, 0) is 9.59 Å². The SMILES string of the molecule is CCOc1ccc(/C=C/C(=O)NCC(=O)N2CCCC2)cc1OC. The lowest BCUT2D eigenvalue weighted by atomic mass is 10.2. The number of methoxy groups -OCH3 is 1. The van der Waals surface area contributed by atoms with Gasteiger partial charge < -0.3 is 19.7 Å². The fraction of sp³-hybridized carbons (Fsp3) is 0.444. The molecule has 0 aromatic heterocycles. The number of carbonyl (C=O) groups is 2. The molecule has 1 aromatic carbocycles. The molecule has 0 aliphatic carbocycles. The molecule has 0 unspecified atom stereocenters. The Labute approximate surface area is 142 Å². The summed E-state index contributed by atoms with van der Waals surface area (Å²) in [5.74, 6) is 0.953. The minimum absolute atomic E-state index is 0.0306. The van der Waals surface area contributed by atoms with Crippen LogP contribution in [-0.4, -0.2) is 50.1 Å². The van der Waals surface area contributed by atoms with Crippen LogP contribution in [0.4, 0.5) is 0 Å². The van der Waals surface area contributed by atoms with E-state index in [0.717, 1.165) is 31.5 Å². The summed E-state index contributed by atoms with van der Waals surface area (Å²) in [7, 11) is 1.57. The molecule has 1 fully saturated rings. The zero-order valence-corrected chi connectivity index (χ0v) is 14.2. The second-order valence-electron chi connectivity index (χ2n) is 5.48. The van der Waals surface area contributed by atoms with Gasteiger partial charge in [-0.15, -0.1) is 0 Å². The van der Waals surface area contributed by atoms with E-state index in [-0.39, 0.29) is 18.4 Å². The normalized spacial score (nSPS) is 14.0. The van der Waals surface area contributed by atoms with Crippen molar-refractivity contribution in [2.24, 2.45) is 0 Å². The molecule has 0 bridgehead atoms. The molecule has 1 aliphatic heterocycles. The molecule has 1 aliphatic rings. The van der Waals surface area contributed by atoms with Gasteiger partial charge in [-0.05, 0) is 43.5 Å². The number of hydrogen-bond donors (Lipinski definition) is 1. The first-order chi connectivity index (χ1) is 11.6. The predicted octanol–water partition coefficient (Wildman–Crippen LogP) is 1.85. The zero-order valence-electron chi connectivity index (χ0n) is 14.2. The number of ether oxygens (including phenoxy) is 2. The van der Waals surface area contributed by atoms with E-state index in [1.54, 1.807) is 30.2 Å². The third kappa shape index (κ3) is 5.01. The second kappa shape index (κ2) is 8.96. The van der Waals surface area contributed by atoms with Crippen molar-refractivity contribution in [1.29, 1.82) is 0 Å². The fourth-order valence-electron chi connectivity index (χ4n) is 2.53. The first-order valence-corrected chi connectivity index (χ1v) is 8.18. The topological polar surface area (TPSA) is 67.9 Å². The summed E-state index contributed by atoms with van der Waals surface area (Å²) >= 11 is 0. The minimum Gasteiger partial charge on any atom is -0.493 e. The number of benzene rings is 1. The third-order valence-electron chi connectivity index (χ3n) is 3.79. The Hall–Kier alpha value is -2.50. The molecule has 0 spiro atoms. The molecular weight excluding hydrogens is 308 g/mol. The summed E-state index contributed by atoms with van der Waals surface area (Å²) in [6, 6.07) is 5.44. The van der Waals surface area contributed by atoms with E-state index in [4.69, 9.17) is 9.47 Å². The molecule has 6 nitrogen and oxygen atoms in total. The number of nitrogens with zero attached hydrogens (tertiary/aromatic N) is 1. The molecular formula is C18H24N2O4. The highest BCUT2D eigenvalue weighted by molar-refractivity contribution is 5.94. The highest BCUT2D eigenvalue weighted by Gasteiger charge is 2.17. The summed E-state index contributed by atoms with van der Waals surface area (Å²) in [5.41, 5.74) is 0.816. The number of rotatable bonds is 7. The second-order valence-corrected chi connectivity index (χ2v) is 5.48. The van der Waals surface area contributed by atoms with Crippen LogP contribution in [0.1, 0.15) is 25.3 Å². The van der Waals surface area contributed by atoms with Gasteiger partial charge in [0.1, 0.15) is 0 Å². The quantitative estimate of drug-likeness (QED) is 0.774.